The maximum atomic E-state index is 11.8. The van der Waals surface area contributed by atoms with Gasteiger partial charge in [-0.15, -0.1) is 0 Å². The van der Waals surface area contributed by atoms with Crippen LogP contribution in [-0.4, -0.2) is 19.0 Å². The molecule has 0 aromatic heterocycles. The van der Waals surface area contributed by atoms with Crippen molar-refractivity contribution in [2.75, 3.05) is 13.1 Å². The first-order valence-electron chi connectivity index (χ1n) is 5.87. The smallest absolute Gasteiger partial charge is 0.224 e. The number of nitrogens with two attached hydrogens (primary N) is 1. The van der Waals surface area contributed by atoms with E-state index >= 15 is 0 Å². The molecule has 94 valence electrons. The lowest BCUT2D eigenvalue weighted by molar-refractivity contribution is -0.125. The minimum absolute atomic E-state index is 0.0647. The van der Waals surface area contributed by atoms with E-state index in [0.29, 0.717) is 13.1 Å². The van der Waals surface area contributed by atoms with Gasteiger partial charge in [-0.05, 0) is 25.7 Å². The summed E-state index contributed by atoms with van der Waals surface area (Å²) >= 11 is 0. The third-order valence-corrected chi connectivity index (χ3v) is 2.30. The molecule has 0 saturated carbocycles. The second kappa shape index (κ2) is 6.69. The van der Waals surface area contributed by atoms with E-state index in [1.165, 1.54) is 5.57 Å². The molecule has 1 amide bonds. The molecule has 0 aromatic carbocycles. The van der Waals surface area contributed by atoms with E-state index in [9.17, 15) is 4.79 Å². The highest BCUT2D eigenvalue weighted by Crippen LogP contribution is 2.23. The molecule has 3 heteroatoms. The number of carbonyl (C=O) groups excluding carboxylic acids is 1. The number of hydrogen-bond donors (Lipinski definition) is 2. The van der Waals surface area contributed by atoms with Crippen LogP contribution in [0, 0.1) is 11.3 Å². The summed E-state index contributed by atoms with van der Waals surface area (Å²) in [5, 5.41) is 2.89. The second-order valence-electron chi connectivity index (χ2n) is 5.72. The maximum Gasteiger partial charge on any atom is 0.224 e. The summed E-state index contributed by atoms with van der Waals surface area (Å²) in [6, 6.07) is 0. The third-order valence-electron chi connectivity index (χ3n) is 2.30. The molecule has 3 nitrogen and oxygen atoms in total. The van der Waals surface area contributed by atoms with Gasteiger partial charge in [-0.1, -0.05) is 32.4 Å². The van der Waals surface area contributed by atoms with Crippen LogP contribution in [0.2, 0.25) is 0 Å². The minimum atomic E-state index is -0.0782. The molecule has 1 unspecified atom stereocenters. The van der Waals surface area contributed by atoms with Crippen molar-refractivity contribution >= 4 is 5.91 Å². The summed E-state index contributed by atoms with van der Waals surface area (Å²) in [7, 11) is 0. The van der Waals surface area contributed by atoms with Crippen LogP contribution in [0.1, 0.15) is 41.0 Å². The lowest BCUT2D eigenvalue weighted by Crippen LogP contribution is -2.37. The molecule has 16 heavy (non-hydrogen) atoms. The number of allylic oxidation sites excluding steroid dienone is 1. The molecule has 0 fully saturated rings. The molecule has 0 heterocycles. The van der Waals surface area contributed by atoms with Crippen LogP contribution in [0.15, 0.2) is 11.6 Å². The van der Waals surface area contributed by atoms with Gasteiger partial charge >= 0.3 is 0 Å². The van der Waals surface area contributed by atoms with Gasteiger partial charge < -0.3 is 11.1 Å². The summed E-state index contributed by atoms with van der Waals surface area (Å²) in [5.74, 6) is -0.0134. The SMILES string of the molecule is CC(C)=CCNC(=O)C(CN)CC(C)(C)C. The van der Waals surface area contributed by atoms with Gasteiger partial charge in [0.15, 0.2) is 0 Å². The van der Waals surface area contributed by atoms with Crippen LogP contribution in [0.4, 0.5) is 0 Å². The summed E-state index contributed by atoms with van der Waals surface area (Å²) in [4.78, 5) is 11.8. The normalized spacial score (nSPS) is 13.1. The van der Waals surface area contributed by atoms with Gasteiger partial charge in [0.1, 0.15) is 0 Å². The molecule has 0 radical (unpaired) electrons. The molecule has 0 aliphatic heterocycles. The van der Waals surface area contributed by atoms with E-state index in [0.717, 1.165) is 6.42 Å². The average Bonchev–Trinajstić information content (AvgIpc) is 2.11. The monoisotopic (exact) mass is 226 g/mol. The molecule has 3 N–H and O–H groups in total. The fourth-order valence-corrected chi connectivity index (χ4v) is 1.52. The lowest BCUT2D eigenvalue weighted by atomic mass is 9.84. The highest BCUT2D eigenvalue weighted by Gasteiger charge is 2.23. The molecular weight excluding hydrogens is 200 g/mol. The first-order chi connectivity index (χ1) is 7.26. The molecule has 0 spiro atoms. The molecule has 0 aromatic rings. The predicted molar refractivity (Wildman–Crippen MR) is 69.1 cm³/mol. The molecule has 0 aliphatic rings. The van der Waals surface area contributed by atoms with Gasteiger partial charge in [0.2, 0.25) is 5.91 Å². The molecule has 1 atom stereocenters. The quantitative estimate of drug-likeness (QED) is 0.705. The standard InChI is InChI=1S/C13H26N2O/c1-10(2)6-7-15-12(16)11(9-14)8-13(3,4)5/h6,11H,7-9,14H2,1-5H3,(H,15,16). The summed E-state index contributed by atoms with van der Waals surface area (Å²) in [6.07, 6.45) is 2.83. The summed E-state index contributed by atoms with van der Waals surface area (Å²) in [6.45, 7) is 11.4. The molecule has 0 saturated heterocycles. The van der Waals surface area contributed by atoms with Gasteiger partial charge in [-0.3, -0.25) is 4.79 Å². The van der Waals surface area contributed by atoms with E-state index in [2.05, 4.69) is 26.1 Å². The van der Waals surface area contributed by atoms with Crippen LogP contribution in [0.3, 0.4) is 0 Å². The van der Waals surface area contributed by atoms with E-state index in [1.807, 2.05) is 19.9 Å². The largest absolute Gasteiger partial charge is 0.352 e. The van der Waals surface area contributed by atoms with Crippen molar-refractivity contribution in [1.29, 1.82) is 0 Å². The first kappa shape index (κ1) is 15.2. The number of amides is 1. The van der Waals surface area contributed by atoms with Crippen molar-refractivity contribution < 1.29 is 4.79 Å². The zero-order valence-electron chi connectivity index (χ0n) is 11.3. The van der Waals surface area contributed by atoms with E-state index in [1.54, 1.807) is 0 Å². The molecule has 0 aliphatic carbocycles. The fourth-order valence-electron chi connectivity index (χ4n) is 1.52. The van der Waals surface area contributed by atoms with E-state index in [4.69, 9.17) is 5.73 Å². The Hall–Kier alpha value is -0.830. The van der Waals surface area contributed by atoms with Gasteiger partial charge in [0.05, 0.1) is 5.92 Å². The number of nitrogens with one attached hydrogen (secondary N) is 1. The first-order valence-corrected chi connectivity index (χ1v) is 5.87. The highest BCUT2D eigenvalue weighted by molar-refractivity contribution is 5.79. The zero-order chi connectivity index (χ0) is 12.8. The Morgan fingerprint density at radius 3 is 2.31 bits per heavy atom. The fraction of sp³-hybridized carbons (Fsp3) is 0.769. The molecule has 0 rings (SSSR count). The third kappa shape index (κ3) is 7.46. The van der Waals surface area contributed by atoms with E-state index < -0.39 is 0 Å². The van der Waals surface area contributed by atoms with Gasteiger partial charge in [-0.2, -0.15) is 0 Å². The van der Waals surface area contributed by atoms with Crippen molar-refractivity contribution in [2.45, 2.75) is 41.0 Å². The molecule has 0 bridgehead atoms. The van der Waals surface area contributed by atoms with E-state index in [-0.39, 0.29) is 17.2 Å². The molecular formula is C13H26N2O. The maximum absolute atomic E-state index is 11.8. The lowest BCUT2D eigenvalue weighted by Gasteiger charge is -2.24. The van der Waals surface area contributed by atoms with Gasteiger partial charge in [0, 0.05) is 13.1 Å². The Labute approximate surface area is 99.5 Å². The predicted octanol–water partition coefficient (Wildman–Crippen LogP) is 2.08. The van der Waals surface area contributed by atoms with Crippen LogP contribution < -0.4 is 11.1 Å². The number of hydrogen-bond acceptors (Lipinski definition) is 2. The van der Waals surface area contributed by atoms with Crippen LogP contribution >= 0.6 is 0 Å². The van der Waals surface area contributed by atoms with Gasteiger partial charge in [0.25, 0.3) is 0 Å². The Balaban J connectivity index is 4.17. The zero-order valence-corrected chi connectivity index (χ0v) is 11.3. The topological polar surface area (TPSA) is 55.1 Å². The summed E-state index contributed by atoms with van der Waals surface area (Å²) in [5.41, 5.74) is 6.98. The minimum Gasteiger partial charge on any atom is -0.352 e. The summed E-state index contributed by atoms with van der Waals surface area (Å²) < 4.78 is 0. The Morgan fingerprint density at radius 1 is 1.38 bits per heavy atom. The Bertz CT molecular complexity index is 247. The Morgan fingerprint density at radius 2 is 1.94 bits per heavy atom. The van der Waals surface area contributed by atoms with Gasteiger partial charge in [-0.25, -0.2) is 0 Å². The average molecular weight is 226 g/mol. The Kier molecular flexibility index (Phi) is 6.34. The highest BCUT2D eigenvalue weighted by atomic mass is 16.1. The van der Waals surface area contributed by atoms with Crippen molar-refractivity contribution in [3.8, 4) is 0 Å². The van der Waals surface area contributed by atoms with Crippen LogP contribution in [0.5, 0.6) is 0 Å². The number of carbonyl (C=O) groups is 1. The van der Waals surface area contributed by atoms with Crippen molar-refractivity contribution in [3.05, 3.63) is 11.6 Å². The van der Waals surface area contributed by atoms with Crippen molar-refractivity contribution in [2.24, 2.45) is 17.1 Å². The van der Waals surface area contributed by atoms with Crippen molar-refractivity contribution in [3.63, 3.8) is 0 Å². The van der Waals surface area contributed by atoms with Crippen LogP contribution in [-0.2, 0) is 4.79 Å². The second-order valence-corrected chi connectivity index (χ2v) is 5.72. The number of rotatable bonds is 5. The van der Waals surface area contributed by atoms with Crippen molar-refractivity contribution in [1.82, 2.24) is 5.32 Å². The van der Waals surface area contributed by atoms with Crippen LogP contribution in [0.25, 0.3) is 0 Å².